The van der Waals surface area contributed by atoms with Gasteiger partial charge in [-0.3, -0.25) is 0 Å². The second-order valence-electron chi connectivity index (χ2n) is 18.7. The third kappa shape index (κ3) is 5.48. The van der Waals surface area contributed by atoms with Crippen molar-refractivity contribution in [2.45, 2.75) is 51.9 Å². The van der Waals surface area contributed by atoms with E-state index in [9.17, 15) is 0 Å². The van der Waals surface area contributed by atoms with Crippen LogP contribution in [0.4, 0.5) is 11.4 Å². The van der Waals surface area contributed by atoms with Crippen LogP contribution >= 0.6 is 0 Å². The fourth-order valence-electron chi connectivity index (χ4n) is 11.5. The van der Waals surface area contributed by atoms with Gasteiger partial charge in [0.05, 0.1) is 5.52 Å². The van der Waals surface area contributed by atoms with Gasteiger partial charge in [-0.05, 0) is 128 Å². The molecule has 9 aromatic carbocycles. The largest absolute Gasteiger partial charge is 0.456 e. The average molecular weight is 823 g/mol. The number of benzene rings is 9. The summed E-state index contributed by atoms with van der Waals surface area (Å²) in [5, 5.41) is 11.3. The van der Waals surface area contributed by atoms with Gasteiger partial charge in [0.25, 0.3) is 0 Å². The number of rotatable bonds is 8. The van der Waals surface area contributed by atoms with E-state index in [-0.39, 0.29) is 5.41 Å². The zero-order chi connectivity index (χ0) is 42.7. The van der Waals surface area contributed by atoms with Gasteiger partial charge in [0.15, 0.2) is 7.28 Å². The number of hydrogen-bond acceptors (Lipinski definition) is 2. The van der Waals surface area contributed by atoms with Crippen LogP contribution < -0.4 is 16.2 Å². The van der Waals surface area contributed by atoms with E-state index in [2.05, 4.69) is 201 Å². The van der Waals surface area contributed by atoms with Crippen molar-refractivity contribution in [3.05, 3.63) is 187 Å². The monoisotopic (exact) mass is 822 g/mol. The molecule has 11 aromatic rings. The van der Waals surface area contributed by atoms with Gasteiger partial charge in [0.2, 0.25) is 0 Å². The van der Waals surface area contributed by atoms with Gasteiger partial charge in [0, 0.05) is 55.1 Å². The second-order valence-corrected chi connectivity index (χ2v) is 18.7. The lowest BCUT2D eigenvalue weighted by atomic mass is 9.58. The van der Waals surface area contributed by atoms with E-state index < -0.39 is 0 Å². The molecule has 0 atom stereocenters. The van der Waals surface area contributed by atoms with Crippen LogP contribution in [-0.2, 0) is 11.8 Å². The number of para-hydroxylation sites is 2. The average Bonchev–Trinajstić information content (AvgIpc) is 3.95. The minimum Gasteiger partial charge on any atom is -0.456 e. The summed E-state index contributed by atoms with van der Waals surface area (Å²) >= 11 is 0. The fourth-order valence-corrected chi connectivity index (χ4v) is 11.5. The molecule has 2 aromatic heterocycles. The summed E-state index contributed by atoms with van der Waals surface area (Å²) in [6, 6.07) is 63.6. The van der Waals surface area contributed by atoms with Crippen molar-refractivity contribution >= 4 is 84.1 Å². The van der Waals surface area contributed by atoms with Crippen molar-refractivity contribution in [2.75, 3.05) is 5.32 Å². The first kappa shape index (κ1) is 37.3. The van der Waals surface area contributed by atoms with Gasteiger partial charge in [-0.25, -0.2) is 0 Å². The van der Waals surface area contributed by atoms with Crippen LogP contribution in [0.25, 0.3) is 93.6 Å². The number of furan rings is 1. The topological polar surface area (TPSA) is 30.1 Å². The Kier molecular flexibility index (Phi) is 8.22. The van der Waals surface area contributed by atoms with Crippen LogP contribution in [0.5, 0.6) is 0 Å². The third-order valence-electron chi connectivity index (χ3n) is 14.6. The molecule has 2 aliphatic rings. The number of nitrogens with zero attached hydrogens (tertiary/aromatic N) is 1. The minimum absolute atomic E-state index is 0.129. The number of aryl methyl sites for hydroxylation is 1. The molecule has 0 spiro atoms. The maximum atomic E-state index is 6.58. The molecule has 0 unspecified atom stereocenters. The number of anilines is 2. The molecule has 0 saturated carbocycles. The molecule has 0 bridgehead atoms. The Morgan fingerprint density at radius 1 is 0.578 bits per heavy atom. The van der Waals surface area contributed by atoms with Crippen molar-refractivity contribution in [1.82, 2.24) is 4.57 Å². The molecule has 0 amide bonds. The highest BCUT2D eigenvalue weighted by Gasteiger charge is 2.36. The number of aromatic nitrogens is 1. The molecule has 1 aliphatic carbocycles. The quantitative estimate of drug-likeness (QED) is 0.122. The van der Waals surface area contributed by atoms with E-state index in [1.807, 2.05) is 0 Å². The molecule has 1 N–H and O–H groups in total. The standard InChI is InChI=1S/C60H47BN2O/c1-4-5-6-15-36-24-28-39(29-25-36)62-51-22-13-10-19-43(51)47-33-45(38-26-30-42-41-18-9-12-21-48(41)60(2,3)49(42)32-38)57-56-40-17-8-7-16-37(40)27-31-52(56)63-53-34-46-44-20-11-14-23-54(44)64-55(46)35-50(53)61-58(47)59(57)63/h7-14,16-35,61-62H,4-6,15H2,1-3H3. The smallest absolute Gasteiger partial charge is 0.198 e. The Balaban J connectivity index is 1.11. The van der Waals surface area contributed by atoms with Gasteiger partial charge in [0.1, 0.15) is 11.2 Å². The first-order valence-corrected chi connectivity index (χ1v) is 23.1. The molecule has 3 nitrogen and oxygen atoms in total. The lowest BCUT2D eigenvalue weighted by Gasteiger charge is -2.25. The highest BCUT2D eigenvalue weighted by atomic mass is 16.3. The Morgan fingerprint density at radius 2 is 1.34 bits per heavy atom. The molecule has 13 rings (SSSR count). The van der Waals surface area contributed by atoms with E-state index in [4.69, 9.17) is 4.42 Å². The van der Waals surface area contributed by atoms with Crippen molar-refractivity contribution in [3.8, 4) is 39.1 Å². The van der Waals surface area contributed by atoms with E-state index in [1.165, 1.54) is 119 Å². The van der Waals surface area contributed by atoms with E-state index in [1.54, 1.807) is 0 Å². The molecule has 4 heteroatoms. The Hall–Kier alpha value is -7.30. The summed E-state index contributed by atoms with van der Waals surface area (Å²) in [4.78, 5) is 0. The lowest BCUT2D eigenvalue weighted by Crippen LogP contribution is -2.37. The summed E-state index contributed by atoms with van der Waals surface area (Å²) in [7, 11) is 0.774. The summed E-state index contributed by atoms with van der Waals surface area (Å²) in [5.41, 5.74) is 22.0. The summed E-state index contributed by atoms with van der Waals surface area (Å²) in [5.74, 6) is 0. The second kappa shape index (κ2) is 14.1. The Labute approximate surface area is 374 Å². The van der Waals surface area contributed by atoms with Gasteiger partial charge in [-0.2, -0.15) is 0 Å². The molecule has 64 heavy (non-hydrogen) atoms. The normalized spacial score (nSPS) is 13.4. The van der Waals surface area contributed by atoms with Gasteiger partial charge < -0.3 is 14.3 Å². The highest BCUT2D eigenvalue weighted by Crippen LogP contribution is 2.51. The molecule has 0 fully saturated rings. The predicted octanol–water partition coefficient (Wildman–Crippen LogP) is 14.7. The van der Waals surface area contributed by atoms with Gasteiger partial charge in [-0.1, -0.05) is 154 Å². The van der Waals surface area contributed by atoms with E-state index in [0.717, 1.165) is 47.0 Å². The van der Waals surface area contributed by atoms with Crippen LogP contribution in [-0.4, -0.2) is 11.8 Å². The molecule has 0 saturated heterocycles. The predicted molar refractivity (Wildman–Crippen MR) is 273 cm³/mol. The van der Waals surface area contributed by atoms with Crippen molar-refractivity contribution in [2.24, 2.45) is 0 Å². The molecule has 0 radical (unpaired) electrons. The van der Waals surface area contributed by atoms with Crippen LogP contribution in [0.3, 0.4) is 0 Å². The fraction of sp³-hybridized carbons (Fsp3) is 0.133. The summed E-state index contributed by atoms with van der Waals surface area (Å²) < 4.78 is 9.17. The molecular weight excluding hydrogens is 775 g/mol. The first-order chi connectivity index (χ1) is 31.4. The van der Waals surface area contributed by atoms with Crippen LogP contribution in [0.2, 0.25) is 0 Å². The van der Waals surface area contributed by atoms with Crippen LogP contribution in [0.15, 0.2) is 174 Å². The Morgan fingerprint density at radius 3 is 2.22 bits per heavy atom. The van der Waals surface area contributed by atoms with Gasteiger partial charge >= 0.3 is 0 Å². The number of hydrogen-bond donors (Lipinski definition) is 1. The van der Waals surface area contributed by atoms with Crippen LogP contribution in [0.1, 0.15) is 56.7 Å². The maximum Gasteiger partial charge on any atom is 0.198 e. The highest BCUT2D eigenvalue weighted by molar-refractivity contribution is 6.74. The minimum atomic E-state index is -0.129. The third-order valence-corrected chi connectivity index (χ3v) is 14.6. The number of nitrogens with one attached hydrogen (secondary N) is 1. The molecular formula is C60H47BN2O. The van der Waals surface area contributed by atoms with Crippen molar-refractivity contribution in [3.63, 3.8) is 0 Å². The zero-order valence-corrected chi connectivity index (χ0v) is 36.6. The van der Waals surface area contributed by atoms with Crippen LogP contribution in [0, 0.1) is 0 Å². The zero-order valence-electron chi connectivity index (χ0n) is 36.6. The summed E-state index contributed by atoms with van der Waals surface area (Å²) in [6.45, 7) is 7.05. The Bertz CT molecular complexity index is 3720. The molecule has 1 aliphatic heterocycles. The van der Waals surface area contributed by atoms with Gasteiger partial charge in [-0.15, -0.1) is 0 Å². The van der Waals surface area contributed by atoms with Crippen molar-refractivity contribution in [1.29, 1.82) is 0 Å². The number of unbranched alkanes of at least 4 members (excludes halogenated alkanes) is 2. The molecule has 306 valence electrons. The van der Waals surface area contributed by atoms with E-state index >= 15 is 0 Å². The first-order valence-electron chi connectivity index (χ1n) is 23.1. The van der Waals surface area contributed by atoms with Crippen molar-refractivity contribution < 1.29 is 4.42 Å². The number of fused-ring (bicyclic) bond motifs is 13. The maximum absolute atomic E-state index is 6.58. The van der Waals surface area contributed by atoms with E-state index in [0.29, 0.717) is 0 Å². The SMILES string of the molecule is CCCCCc1ccc(Nc2ccccc2-c2cc(-c3ccc4c(c3)C(C)(C)c3ccccc3-4)c3c4c5ccccc5ccc4n4c3c2Bc2cc3oc5ccccc5c3cc2-4)cc1. The lowest BCUT2D eigenvalue weighted by molar-refractivity contribution is 0.660. The molecule has 3 heterocycles. The summed E-state index contributed by atoms with van der Waals surface area (Å²) in [6.07, 6.45) is 4.85.